The number of nitrogens with two attached hydrogens (primary N) is 1. The van der Waals surface area contributed by atoms with Crippen LogP contribution in [0, 0.1) is 35.5 Å². The third-order valence-corrected chi connectivity index (χ3v) is 16.8. The molecule has 3 aliphatic rings. The van der Waals surface area contributed by atoms with Gasteiger partial charge in [-0.15, -0.1) is 0 Å². The van der Waals surface area contributed by atoms with Gasteiger partial charge in [0.05, 0.1) is 156 Å². The Labute approximate surface area is 547 Å². The molecule has 0 aromatic heterocycles. The number of hydrogen-bond donors (Lipinski definition) is 3. The number of ketones is 1. The zero-order valence-electron chi connectivity index (χ0n) is 57.5. The third kappa shape index (κ3) is 33.4. The fourth-order valence-electron chi connectivity index (χ4n) is 10.9. The highest BCUT2D eigenvalue weighted by Crippen LogP contribution is 2.37. The van der Waals surface area contributed by atoms with Crippen LogP contribution in [0.15, 0.2) is 0 Å². The number of Topliss-reactive ketones (excluding diaryl/α,β-unsaturated/α-hetero) is 1. The van der Waals surface area contributed by atoms with E-state index in [1.54, 1.807) is 0 Å². The third-order valence-electron chi connectivity index (χ3n) is 16.8. The predicted octanol–water partition coefficient (Wildman–Crippen LogP) is 4.65. The number of nitrogens with one attached hydrogen (secondary N) is 2. The summed E-state index contributed by atoms with van der Waals surface area (Å²) in [5, 5.41) is 5.60. The van der Waals surface area contributed by atoms with Crippen LogP contribution in [0.4, 0.5) is 0 Å². The van der Waals surface area contributed by atoms with Crippen molar-refractivity contribution < 1.29 is 114 Å². The van der Waals surface area contributed by atoms with E-state index < -0.39 is 42.7 Å². The smallest absolute Gasteiger partial charge is 0.303 e. The summed E-state index contributed by atoms with van der Waals surface area (Å²) in [7, 11) is 0. The van der Waals surface area contributed by atoms with Crippen LogP contribution in [0.1, 0.15) is 134 Å². The minimum atomic E-state index is -1.18. The Morgan fingerprint density at radius 1 is 0.370 bits per heavy atom. The molecule has 0 aliphatic carbocycles. The van der Waals surface area contributed by atoms with E-state index >= 15 is 0 Å². The van der Waals surface area contributed by atoms with Gasteiger partial charge < -0.3 is 102 Å². The first-order chi connectivity index (χ1) is 44.1. The lowest BCUT2D eigenvalue weighted by atomic mass is 9.82. The summed E-state index contributed by atoms with van der Waals surface area (Å²) in [6.45, 7) is 27.8. The monoisotopic (exact) mass is 1320 g/mol. The van der Waals surface area contributed by atoms with Crippen molar-refractivity contribution in [3.05, 3.63) is 0 Å². The van der Waals surface area contributed by atoms with Gasteiger partial charge in [0.1, 0.15) is 5.78 Å². The van der Waals surface area contributed by atoms with Crippen molar-refractivity contribution in [3.8, 4) is 0 Å². The van der Waals surface area contributed by atoms with Gasteiger partial charge in [-0.25, -0.2) is 0 Å². The van der Waals surface area contributed by atoms with Gasteiger partial charge in [0, 0.05) is 83.9 Å². The van der Waals surface area contributed by atoms with Crippen LogP contribution in [-0.4, -0.2) is 248 Å². The van der Waals surface area contributed by atoms with Crippen molar-refractivity contribution in [2.75, 3.05) is 152 Å². The Balaban J connectivity index is 1.31. The maximum Gasteiger partial charge on any atom is 0.303 e. The lowest BCUT2D eigenvalue weighted by Crippen LogP contribution is -2.53. The molecular weight excluding hydrogens is 1210 g/mol. The molecule has 4 N–H and O–H groups in total. The summed E-state index contributed by atoms with van der Waals surface area (Å²) in [6, 6.07) is 0. The molecule has 3 aliphatic heterocycles. The van der Waals surface area contributed by atoms with Gasteiger partial charge in [-0.05, 0) is 43.4 Å². The second kappa shape index (κ2) is 48.1. The van der Waals surface area contributed by atoms with E-state index in [1.807, 2.05) is 20.8 Å². The van der Waals surface area contributed by atoms with Gasteiger partial charge in [0.15, 0.2) is 37.2 Å². The summed E-state index contributed by atoms with van der Waals surface area (Å²) < 4.78 is 104. The van der Waals surface area contributed by atoms with Crippen LogP contribution >= 0.6 is 0 Å². The molecule has 3 heterocycles. The van der Waals surface area contributed by atoms with Crippen LogP contribution in [-0.2, 0) is 114 Å². The second-order valence-electron chi connectivity index (χ2n) is 24.1. The van der Waals surface area contributed by atoms with Crippen molar-refractivity contribution in [2.24, 2.45) is 41.2 Å². The topological polar surface area (TPSA) is 319 Å². The fourth-order valence-corrected chi connectivity index (χ4v) is 10.9. The van der Waals surface area contributed by atoms with Crippen LogP contribution in [0.5, 0.6) is 0 Å². The number of hydrogen-bond acceptors (Lipinski definition) is 25. The number of rotatable bonds is 52. The van der Waals surface area contributed by atoms with E-state index in [0.717, 1.165) is 19.3 Å². The van der Waals surface area contributed by atoms with Gasteiger partial charge >= 0.3 is 17.9 Å². The molecule has 0 spiro atoms. The van der Waals surface area contributed by atoms with Crippen molar-refractivity contribution in [2.45, 2.75) is 195 Å². The van der Waals surface area contributed by atoms with Crippen LogP contribution in [0.3, 0.4) is 0 Å². The summed E-state index contributed by atoms with van der Waals surface area (Å²) in [5.74, 6) is -0.812. The van der Waals surface area contributed by atoms with E-state index in [9.17, 15) is 28.8 Å². The van der Waals surface area contributed by atoms with Gasteiger partial charge in [-0.1, -0.05) is 62.3 Å². The normalized spacial score (nSPS) is 27.2. The number of carbonyl (C=O) groups is 6. The van der Waals surface area contributed by atoms with Crippen molar-refractivity contribution in [1.29, 1.82) is 0 Å². The Hall–Kier alpha value is -3.62. The number of amides is 2. The largest absolute Gasteiger partial charge is 0.457 e. The average Bonchev–Trinajstić information content (AvgIpc) is 0.853. The molecular formula is C65H117N3O24. The quantitative estimate of drug-likeness (QED) is 0.0424. The van der Waals surface area contributed by atoms with E-state index in [0.29, 0.717) is 65.7 Å². The molecule has 15 unspecified atom stereocenters. The first-order valence-electron chi connectivity index (χ1n) is 33.5. The summed E-state index contributed by atoms with van der Waals surface area (Å²) in [6.07, 6.45) is -0.00264. The van der Waals surface area contributed by atoms with Gasteiger partial charge in [0.2, 0.25) is 11.8 Å². The van der Waals surface area contributed by atoms with Gasteiger partial charge in [-0.3, -0.25) is 28.8 Å². The van der Waals surface area contributed by atoms with Crippen molar-refractivity contribution in [1.82, 2.24) is 10.6 Å². The Morgan fingerprint density at radius 3 is 0.978 bits per heavy atom. The maximum atomic E-state index is 12.7. The molecule has 3 saturated heterocycles. The Morgan fingerprint density at radius 2 is 0.663 bits per heavy atom. The highest BCUT2D eigenvalue weighted by Gasteiger charge is 2.46. The standard InChI is InChI=1S/C65H117N3O24/c1-13-54-44(4)47(7)59(87-50(10)69)62(90-54)84-38-35-78-32-29-75-23-16-17-53(72)18-24-81-41-65(66,42-82-25-19-57(73)67-21-27-76-30-33-79-36-39-85-63-60(88-51(11)70)48(8)45(5)55(14-2)91-63)43-83-26-20-58(74)68-22-28-77-31-34-80-37-40-86-64-61(89-52(12)71)49(9)46(6)56(15-3)92-64/h44-49,54-56,59-64H,13-43,66H2,1-12H3,(H,67,73)(H,68,74). The first-order valence-corrected chi connectivity index (χ1v) is 33.5. The molecule has 92 heavy (non-hydrogen) atoms. The lowest BCUT2D eigenvalue weighted by Gasteiger charge is -2.43. The van der Waals surface area contributed by atoms with Crippen LogP contribution in [0.2, 0.25) is 0 Å². The SMILES string of the molecule is CCC1OC(OCCOCCOCCCC(=O)CCOCC(N)(COCCC(=O)NCCOCCOCCOC2OC(CC)C(C)C(C)C2OC(C)=O)COCCC(=O)NCCOCCOCCOC2OC(CC)C(C)C(C)C2OC(C)=O)C(OC(C)=O)C(C)C1C. The van der Waals surface area contributed by atoms with Crippen molar-refractivity contribution >= 4 is 35.5 Å². The minimum Gasteiger partial charge on any atom is -0.457 e. The molecule has 0 aromatic carbocycles. The molecule has 0 bridgehead atoms. The molecule has 0 aromatic rings. The molecule has 536 valence electrons. The van der Waals surface area contributed by atoms with E-state index in [2.05, 4.69) is 52.2 Å². The van der Waals surface area contributed by atoms with E-state index in [1.165, 1.54) is 20.8 Å². The lowest BCUT2D eigenvalue weighted by molar-refractivity contribution is -0.277. The van der Waals surface area contributed by atoms with Crippen LogP contribution in [0.25, 0.3) is 0 Å². The highest BCUT2D eigenvalue weighted by molar-refractivity contribution is 5.78. The van der Waals surface area contributed by atoms with Gasteiger partial charge in [0.25, 0.3) is 0 Å². The first kappa shape index (κ1) is 82.6. The molecule has 2 amide bonds. The number of esters is 3. The maximum absolute atomic E-state index is 12.7. The Kier molecular flexibility index (Phi) is 43.2. The molecule has 15 atom stereocenters. The Bertz CT molecular complexity index is 1810. The van der Waals surface area contributed by atoms with E-state index in [-0.39, 0.29) is 208 Å². The minimum absolute atomic E-state index is 0.00216. The zero-order chi connectivity index (χ0) is 67.7. The van der Waals surface area contributed by atoms with Crippen LogP contribution < -0.4 is 16.4 Å². The van der Waals surface area contributed by atoms with Gasteiger partial charge in [-0.2, -0.15) is 0 Å². The molecule has 3 fully saturated rings. The summed E-state index contributed by atoms with van der Waals surface area (Å²) in [4.78, 5) is 73.3. The zero-order valence-corrected chi connectivity index (χ0v) is 57.5. The summed E-state index contributed by atoms with van der Waals surface area (Å²) >= 11 is 0. The predicted molar refractivity (Wildman–Crippen MR) is 335 cm³/mol. The van der Waals surface area contributed by atoms with Crippen molar-refractivity contribution in [3.63, 3.8) is 0 Å². The molecule has 3 rings (SSSR count). The number of ether oxygens (including phenoxy) is 18. The molecule has 0 saturated carbocycles. The average molecular weight is 1320 g/mol. The fraction of sp³-hybridized carbons (Fsp3) is 0.908. The molecule has 0 radical (unpaired) electrons. The second-order valence-corrected chi connectivity index (χ2v) is 24.1. The highest BCUT2D eigenvalue weighted by atomic mass is 16.7. The number of carbonyl (C=O) groups excluding carboxylic acids is 6. The molecule has 27 heteroatoms. The molecule has 27 nitrogen and oxygen atoms in total. The van der Waals surface area contributed by atoms with E-state index in [4.69, 9.17) is 91.0 Å². The summed E-state index contributed by atoms with van der Waals surface area (Å²) in [5.41, 5.74) is 5.56.